The fraction of sp³-hybridized carbons (Fsp3) is 0.444. The fourth-order valence-corrected chi connectivity index (χ4v) is 2.97. The number of aromatic nitrogens is 1. The van der Waals surface area contributed by atoms with Gasteiger partial charge in [0.2, 0.25) is 5.91 Å². The summed E-state index contributed by atoms with van der Waals surface area (Å²) >= 11 is 0. The molecule has 0 saturated heterocycles. The van der Waals surface area contributed by atoms with Crippen LogP contribution in [0.25, 0.3) is 0 Å². The Labute approximate surface area is 141 Å². The molecule has 1 unspecified atom stereocenters. The van der Waals surface area contributed by atoms with Crippen molar-refractivity contribution < 1.29 is 14.1 Å². The SMILES string of the molecule is CCc1noc(CC)c1CNC(=O)C1NCCOc2ccccc21. The van der Waals surface area contributed by atoms with E-state index in [1.54, 1.807) is 0 Å². The maximum atomic E-state index is 12.7. The third kappa shape index (κ3) is 3.28. The van der Waals surface area contributed by atoms with Crippen LogP contribution < -0.4 is 15.4 Å². The molecule has 0 saturated carbocycles. The van der Waals surface area contributed by atoms with E-state index in [4.69, 9.17) is 9.26 Å². The Morgan fingerprint density at radius 1 is 1.33 bits per heavy atom. The zero-order valence-electron chi connectivity index (χ0n) is 14.1. The number of nitrogens with zero attached hydrogens (tertiary/aromatic N) is 1. The number of para-hydroxylation sites is 1. The molecule has 0 aliphatic carbocycles. The molecular formula is C18H23N3O3. The molecule has 2 N–H and O–H groups in total. The first-order chi connectivity index (χ1) is 11.7. The molecule has 6 heteroatoms. The first-order valence-electron chi connectivity index (χ1n) is 8.43. The van der Waals surface area contributed by atoms with Gasteiger partial charge in [0.25, 0.3) is 0 Å². The normalized spacial score (nSPS) is 16.8. The van der Waals surface area contributed by atoms with Crippen LogP contribution in [0.1, 0.15) is 42.5 Å². The number of amides is 1. The topological polar surface area (TPSA) is 76.4 Å². The minimum Gasteiger partial charge on any atom is -0.492 e. The second-order valence-corrected chi connectivity index (χ2v) is 5.73. The van der Waals surface area contributed by atoms with E-state index in [1.807, 2.05) is 38.1 Å². The minimum atomic E-state index is -0.418. The number of carbonyl (C=O) groups is 1. The summed E-state index contributed by atoms with van der Waals surface area (Å²) in [5.74, 6) is 1.53. The molecule has 1 amide bonds. The first-order valence-corrected chi connectivity index (χ1v) is 8.43. The summed E-state index contributed by atoms with van der Waals surface area (Å²) in [6.07, 6.45) is 1.55. The third-order valence-electron chi connectivity index (χ3n) is 4.25. The second-order valence-electron chi connectivity index (χ2n) is 5.73. The summed E-state index contributed by atoms with van der Waals surface area (Å²) in [4.78, 5) is 12.7. The quantitative estimate of drug-likeness (QED) is 0.879. The Morgan fingerprint density at radius 3 is 2.96 bits per heavy atom. The highest BCUT2D eigenvalue weighted by atomic mass is 16.5. The summed E-state index contributed by atoms with van der Waals surface area (Å²) in [5.41, 5.74) is 2.76. The van der Waals surface area contributed by atoms with Crippen molar-refractivity contribution in [2.24, 2.45) is 0 Å². The summed E-state index contributed by atoms with van der Waals surface area (Å²) in [6.45, 7) is 5.65. The molecule has 128 valence electrons. The van der Waals surface area contributed by atoms with E-state index in [0.29, 0.717) is 19.7 Å². The number of nitrogens with one attached hydrogen (secondary N) is 2. The van der Waals surface area contributed by atoms with E-state index in [-0.39, 0.29) is 5.91 Å². The zero-order valence-corrected chi connectivity index (χ0v) is 14.1. The second kappa shape index (κ2) is 7.49. The largest absolute Gasteiger partial charge is 0.492 e. The molecule has 1 aliphatic heterocycles. The van der Waals surface area contributed by atoms with Crippen molar-refractivity contribution >= 4 is 5.91 Å². The van der Waals surface area contributed by atoms with Crippen LogP contribution >= 0.6 is 0 Å². The van der Waals surface area contributed by atoms with Gasteiger partial charge in [0.05, 0.1) is 5.69 Å². The summed E-state index contributed by atoms with van der Waals surface area (Å²) in [5, 5.41) is 10.3. The van der Waals surface area contributed by atoms with Crippen LogP contribution in [0.2, 0.25) is 0 Å². The molecule has 6 nitrogen and oxygen atoms in total. The van der Waals surface area contributed by atoms with Crippen LogP contribution in [0.3, 0.4) is 0 Å². The summed E-state index contributed by atoms with van der Waals surface area (Å²) in [7, 11) is 0. The lowest BCUT2D eigenvalue weighted by Crippen LogP contribution is -2.37. The molecule has 1 aromatic heterocycles. The number of carbonyl (C=O) groups excluding carboxylic acids is 1. The highest BCUT2D eigenvalue weighted by Gasteiger charge is 2.26. The van der Waals surface area contributed by atoms with Crippen molar-refractivity contribution in [1.82, 2.24) is 15.8 Å². The molecule has 0 radical (unpaired) electrons. The van der Waals surface area contributed by atoms with Gasteiger partial charge < -0.3 is 14.6 Å². The van der Waals surface area contributed by atoms with Gasteiger partial charge in [-0.25, -0.2) is 0 Å². The summed E-state index contributed by atoms with van der Waals surface area (Å²) < 4.78 is 11.0. The molecule has 0 bridgehead atoms. The Kier molecular flexibility index (Phi) is 5.15. The van der Waals surface area contributed by atoms with Crippen LogP contribution in [0, 0.1) is 0 Å². The highest BCUT2D eigenvalue weighted by Crippen LogP contribution is 2.27. The van der Waals surface area contributed by atoms with Crippen LogP contribution in [-0.4, -0.2) is 24.2 Å². The monoisotopic (exact) mass is 329 g/mol. The van der Waals surface area contributed by atoms with E-state index in [0.717, 1.165) is 41.2 Å². The minimum absolute atomic E-state index is 0.0711. The molecule has 1 aliphatic rings. The number of hydrogen-bond donors (Lipinski definition) is 2. The van der Waals surface area contributed by atoms with Crippen molar-refractivity contribution in [2.75, 3.05) is 13.2 Å². The van der Waals surface area contributed by atoms with Crippen LogP contribution in [0.15, 0.2) is 28.8 Å². The molecule has 1 aromatic carbocycles. The fourth-order valence-electron chi connectivity index (χ4n) is 2.97. The first kappa shape index (κ1) is 16.5. The number of fused-ring (bicyclic) bond motifs is 1. The number of aryl methyl sites for hydroxylation is 2. The van der Waals surface area contributed by atoms with Gasteiger partial charge >= 0.3 is 0 Å². The highest BCUT2D eigenvalue weighted by molar-refractivity contribution is 5.84. The Morgan fingerprint density at radius 2 is 2.17 bits per heavy atom. The van der Waals surface area contributed by atoms with Gasteiger partial charge in [0.15, 0.2) is 0 Å². The number of ether oxygens (including phenoxy) is 1. The molecule has 24 heavy (non-hydrogen) atoms. The predicted octanol–water partition coefficient (Wildman–Crippen LogP) is 2.14. The van der Waals surface area contributed by atoms with Crippen molar-refractivity contribution in [3.63, 3.8) is 0 Å². The van der Waals surface area contributed by atoms with Gasteiger partial charge in [0, 0.05) is 30.6 Å². The number of rotatable bonds is 5. The van der Waals surface area contributed by atoms with Gasteiger partial charge in [0.1, 0.15) is 24.2 Å². The average Bonchev–Trinajstić information content (AvgIpc) is 2.89. The molecule has 2 aromatic rings. The number of benzene rings is 1. The van der Waals surface area contributed by atoms with Gasteiger partial charge in [-0.2, -0.15) is 0 Å². The molecule has 1 atom stereocenters. The molecular weight excluding hydrogens is 306 g/mol. The molecule has 2 heterocycles. The van der Waals surface area contributed by atoms with Gasteiger partial charge in [-0.05, 0) is 12.5 Å². The van der Waals surface area contributed by atoms with Gasteiger partial charge in [-0.3, -0.25) is 10.1 Å². The van der Waals surface area contributed by atoms with Crippen LogP contribution in [0.5, 0.6) is 5.75 Å². The Balaban J connectivity index is 1.75. The third-order valence-corrected chi connectivity index (χ3v) is 4.25. The molecule has 0 spiro atoms. The van der Waals surface area contributed by atoms with Crippen LogP contribution in [0.4, 0.5) is 0 Å². The lowest BCUT2D eigenvalue weighted by atomic mass is 10.0. The smallest absolute Gasteiger partial charge is 0.242 e. The zero-order chi connectivity index (χ0) is 16.9. The van der Waals surface area contributed by atoms with Crippen molar-refractivity contribution in [1.29, 1.82) is 0 Å². The van der Waals surface area contributed by atoms with Crippen LogP contribution in [-0.2, 0) is 24.2 Å². The van der Waals surface area contributed by atoms with Gasteiger partial charge in [-0.15, -0.1) is 0 Å². The lowest BCUT2D eigenvalue weighted by Gasteiger charge is -2.17. The number of hydrogen-bond acceptors (Lipinski definition) is 5. The standard InChI is InChI=1S/C18H23N3O3/c1-3-14-13(15(4-2)24-21-14)11-20-18(22)17-12-7-5-6-8-16(12)23-10-9-19-17/h5-8,17,19H,3-4,9-11H2,1-2H3,(H,20,22). The van der Waals surface area contributed by atoms with E-state index < -0.39 is 6.04 Å². The maximum Gasteiger partial charge on any atom is 0.242 e. The maximum absolute atomic E-state index is 12.7. The Hall–Kier alpha value is -2.34. The predicted molar refractivity (Wildman–Crippen MR) is 89.8 cm³/mol. The van der Waals surface area contributed by atoms with Crippen molar-refractivity contribution in [2.45, 2.75) is 39.3 Å². The van der Waals surface area contributed by atoms with E-state index in [1.165, 1.54) is 0 Å². The van der Waals surface area contributed by atoms with Gasteiger partial charge in [-0.1, -0.05) is 37.2 Å². The average molecular weight is 329 g/mol. The summed E-state index contributed by atoms with van der Waals surface area (Å²) in [6, 6.07) is 7.23. The lowest BCUT2D eigenvalue weighted by molar-refractivity contribution is -0.123. The van der Waals surface area contributed by atoms with E-state index in [9.17, 15) is 4.79 Å². The van der Waals surface area contributed by atoms with Crippen molar-refractivity contribution in [3.05, 3.63) is 46.8 Å². The molecule has 3 rings (SSSR count). The molecule has 0 fully saturated rings. The van der Waals surface area contributed by atoms with E-state index >= 15 is 0 Å². The Bertz CT molecular complexity index is 690. The van der Waals surface area contributed by atoms with Crippen molar-refractivity contribution in [3.8, 4) is 5.75 Å². The van der Waals surface area contributed by atoms with E-state index in [2.05, 4.69) is 15.8 Å².